The maximum absolute atomic E-state index is 13.1. The topological polar surface area (TPSA) is 237 Å². The van der Waals surface area contributed by atoms with Gasteiger partial charge in [0.1, 0.15) is 19.3 Å². The Morgan fingerprint density at radius 2 is 0.500 bits per heavy atom. The van der Waals surface area contributed by atoms with Crippen LogP contribution in [0, 0.1) is 0 Å². The molecule has 0 bridgehead atoms. The Kier molecular flexibility index (Phi) is 70.6. The van der Waals surface area contributed by atoms with Gasteiger partial charge in [-0.1, -0.05) is 315 Å². The summed E-state index contributed by atoms with van der Waals surface area (Å²) in [6.07, 6.45) is 68.3. The van der Waals surface area contributed by atoms with Crippen molar-refractivity contribution in [3.63, 3.8) is 0 Å². The fourth-order valence-electron chi connectivity index (χ4n) is 11.4. The first-order valence-electron chi connectivity index (χ1n) is 40.2. The Balaban J connectivity index is 5.31. The second-order valence-electron chi connectivity index (χ2n) is 27.4. The molecule has 0 saturated heterocycles. The zero-order valence-electron chi connectivity index (χ0n) is 63.0. The van der Waals surface area contributed by atoms with E-state index in [0.29, 0.717) is 25.7 Å². The molecule has 0 aromatic heterocycles. The largest absolute Gasteiger partial charge is 0.472 e. The maximum Gasteiger partial charge on any atom is 0.472 e. The Morgan fingerprint density at radius 3 is 0.786 bits per heavy atom. The lowest BCUT2D eigenvalue weighted by molar-refractivity contribution is -0.161. The van der Waals surface area contributed by atoms with Crippen molar-refractivity contribution in [3.8, 4) is 0 Å². The molecule has 19 heteroatoms. The molecule has 0 rings (SSSR count). The number of ether oxygens (including phenoxy) is 4. The highest BCUT2D eigenvalue weighted by molar-refractivity contribution is 7.47. The number of carbonyl (C=O) groups is 4. The standard InChI is InChI=1S/C79H148O17P2/c1-5-9-13-17-21-25-29-33-36-40-43-47-51-55-59-63-76(81)89-69-74(95-78(83)65-61-57-53-49-45-39-32-28-24-20-16-12-8-4)71-93-97(85,86)91-67-73(80)68-92-98(87,88)94-72-75(96-79(84)66-62-58-54-50-46-42-38-35-31-27-23-19-15-11-7-3)70-90-77(82)64-60-56-52-48-44-41-37-34-30-26-22-18-14-10-6-2/h21,25,33,35-36,38,73-75,80H,5-20,22-24,26-32,34,37,39-72H2,1-4H3,(H,85,86)(H,87,88)/b25-21-,36-33-,38-35-/t73-,74+,75+/m0/s1. The van der Waals surface area contributed by atoms with Gasteiger partial charge in [0.15, 0.2) is 12.2 Å². The van der Waals surface area contributed by atoms with Crippen molar-refractivity contribution in [1.29, 1.82) is 0 Å². The number of rotatable bonds is 77. The van der Waals surface area contributed by atoms with Crippen molar-refractivity contribution in [2.45, 2.75) is 406 Å². The lowest BCUT2D eigenvalue weighted by Gasteiger charge is -2.21. The molecule has 576 valence electrons. The highest BCUT2D eigenvalue weighted by Gasteiger charge is 2.30. The number of unbranched alkanes of at least 4 members (excludes halogenated alkanes) is 45. The quantitative estimate of drug-likeness (QED) is 0.0169. The van der Waals surface area contributed by atoms with E-state index >= 15 is 0 Å². The van der Waals surface area contributed by atoms with E-state index in [4.69, 9.17) is 37.0 Å². The van der Waals surface area contributed by atoms with Gasteiger partial charge in [-0.05, 0) is 83.5 Å². The molecule has 0 saturated carbocycles. The first-order chi connectivity index (χ1) is 47.7. The minimum absolute atomic E-state index is 0.0929. The van der Waals surface area contributed by atoms with Crippen LogP contribution in [-0.2, 0) is 65.4 Å². The van der Waals surface area contributed by atoms with Crippen LogP contribution in [0.15, 0.2) is 36.5 Å². The van der Waals surface area contributed by atoms with E-state index in [1.165, 1.54) is 180 Å². The molecule has 0 aliphatic heterocycles. The highest BCUT2D eigenvalue weighted by atomic mass is 31.2. The SMILES string of the molecule is CCCCC/C=C\C/C=C\CCCCCCCC(=O)OC[C@H](COP(=O)(O)OC[C@H](O)COP(=O)(O)OC[C@@H](COC(=O)CCCCCCCCCCCCCCCCC)OC(=O)CCCCCCC/C=C\CCCCCCCC)OC(=O)CCCCCCCCCCCCCCC. The summed E-state index contributed by atoms with van der Waals surface area (Å²) < 4.78 is 68.6. The van der Waals surface area contributed by atoms with E-state index in [1.807, 2.05) is 0 Å². The lowest BCUT2D eigenvalue weighted by atomic mass is 10.0. The van der Waals surface area contributed by atoms with Gasteiger partial charge in [0.2, 0.25) is 0 Å². The van der Waals surface area contributed by atoms with Crippen molar-refractivity contribution in [2.24, 2.45) is 0 Å². The Bertz CT molecular complexity index is 2000. The Morgan fingerprint density at radius 1 is 0.286 bits per heavy atom. The fraction of sp³-hybridized carbons (Fsp3) is 0.873. The van der Waals surface area contributed by atoms with Gasteiger partial charge in [0.05, 0.1) is 26.4 Å². The number of hydrogen-bond donors (Lipinski definition) is 3. The molecule has 0 amide bonds. The zero-order valence-corrected chi connectivity index (χ0v) is 64.8. The molecule has 0 radical (unpaired) electrons. The molecule has 0 aliphatic rings. The second-order valence-corrected chi connectivity index (χ2v) is 30.3. The van der Waals surface area contributed by atoms with Crippen LogP contribution in [-0.4, -0.2) is 96.7 Å². The smallest absolute Gasteiger partial charge is 0.462 e. The number of phosphoric ester groups is 2. The average Bonchev–Trinajstić information content (AvgIpc) is 0.959. The molecule has 0 aliphatic carbocycles. The molecule has 5 atom stereocenters. The van der Waals surface area contributed by atoms with Gasteiger partial charge in [0, 0.05) is 25.7 Å². The number of phosphoric acid groups is 2. The number of aliphatic hydroxyl groups is 1. The molecule has 17 nitrogen and oxygen atoms in total. The Hall–Kier alpha value is -2.72. The molecule has 98 heavy (non-hydrogen) atoms. The van der Waals surface area contributed by atoms with Crippen molar-refractivity contribution in [2.75, 3.05) is 39.6 Å². The van der Waals surface area contributed by atoms with Crippen LogP contribution in [0.1, 0.15) is 387 Å². The van der Waals surface area contributed by atoms with Crippen LogP contribution in [0.25, 0.3) is 0 Å². The predicted octanol–water partition coefficient (Wildman–Crippen LogP) is 23.1. The van der Waals surface area contributed by atoms with Gasteiger partial charge in [-0.15, -0.1) is 0 Å². The van der Waals surface area contributed by atoms with Gasteiger partial charge in [-0.3, -0.25) is 37.3 Å². The van der Waals surface area contributed by atoms with Crippen molar-refractivity contribution >= 4 is 39.5 Å². The summed E-state index contributed by atoms with van der Waals surface area (Å²) >= 11 is 0. The first kappa shape index (κ1) is 95.3. The average molecular weight is 1430 g/mol. The third-order valence-electron chi connectivity index (χ3n) is 17.6. The number of carbonyl (C=O) groups excluding carboxylic acids is 4. The van der Waals surface area contributed by atoms with Gasteiger partial charge >= 0.3 is 39.5 Å². The van der Waals surface area contributed by atoms with Crippen LogP contribution in [0.2, 0.25) is 0 Å². The summed E-state index contributed by atoms with van der Waals surface area (Å²) in [5, 5.41) is 10.6. The summed E-state index contributed by atoms with van der Waals surface area (Å²) in [7, 11) is -9.93. The minimum Gasteiger partial charge on any atom is -0.462 e. The number of esters is 4. The Labute approximate surface area is 598 Å². The van der Waals surface area contributed by atoms with Gasteiger partial charge in [-0.2, -0.15) is 0 Å². The summed E-state index contributed by atoms with van der Waals surface area (Å²) in [5.74, 6) is -2.15. The predicted molar refractivity (Wildman–Crippen MR) is 400 cm³/mol. The number of allylic oxidation sites excluding steroid dienone is 6. The van der Waals surface area contributed by atoms with Crippen molar-refractivity contribution < 1.29 is 80.2 Å². The maximum atomic E-state index is 13.1. The lowest BCUT2D eigenvalue weighted by Crippen LogP contribution is -2.30. The molecule has 0 aromatic rings. The number of aliphatic hydroxyl groups excluding tert-OH is 1. The zero-order chi connectivity index (χ0) is 71.8. The van der Waals surface area contributed by atoms with Crippen LogP contribution in [0.5, 0.6) is 0 Å². The monoisotopic (exact) mass is 1430 g/mol. The van der Waals surface area contributed by atoms with Gasteiger partial charge < -0.3 is 33.8 Å². The van der Waals surface area contributed by atoms with E-state index < -0.39 is 97.5 Å². The molecule has 0 fully saturated rings. The third-order valence-corrected chi connectivity index (χ3v) is 19.5. The van der Waals surface area contributed by atoms with E-state index in [2.05, 4.69) is 64.2 Å². The normalized spacial score (nSPS) is 14.1. The van der Waals surface area contributed by atoms with E-state index in [0.717, 1.165) is 128 Å². The van der Waals surface area contributed by atoms with Crippen LogP contribution < -0.4 is 0 Å². The van der Waals surface area contributed by atoms with Crippen molar-refractivity contribution in [3.05, 3.63) is 36.5 Å². The van der Waals surface area contributed by atoms with Crippen LogP contribution in [0.4, 0.5) is 0 Å². The van der Waals surface area contributed by atoms with Crippen LogP contribution >= 0.6 is 15.6 Å². The fourth-order valence-corrected chi connectivity index (χ4v) is 13.0. The van der Waals surface area contributed by atoms with Gasteiger partial charge in [0.25, 0.3) is 0 Å². The van der Waals surface area contributed by atoms with Crippen LogP contribution in [0.3, 0.4) is 0 Å². The van der Waals surface area contributed by atoms with Crippen molar-refractivity contribution in [1.82, 2.24) is 0 Å². The molecule has 3 N–H and O–H groups in total. The summed E-state index contributed by atoms with van der Waals surface area (Å²) in [4.78, 5) is 72.9. The summed E-state index contributed by atoms with van der Waals surface area (Å²) in [6.45, 7) is 4.92. The number of hydrogen-bond acceptors (Lipinski definition) is 15. The van der Waals surface area contributed by atoms with E-state index in [9.17, 15) is 43.2 Å². The molecule has 0 spiro atoms. The molecule has 2 unspecified atom stereocenters. The molecular weight excluding hydrogens is 1280 g/mol. The van der Waals surface area contributed by atoms with E-state index in [-0.39, 0.29) is 25.7 Å². The molecular formula is C79H148O17P2. The minimum atomic E-state index is -4.97. The second kappa shape index (κ2) is 72.6. The summed E-state index contributed by atoms with van der Waals surface area (Å²) in [6, 6.07) is 0. The summed E-state index contributed by atoms with van der Waals surface area (Å²) in [5.41, 5.74) is 0. The highest BCUT2D eigenvalue weighted by Crippen LogP contribution is 2.45. The first-order valence-corrected chi connectivity index (χ1v) is 43.2. The third kappa shape index (κ3) is 71.7. The van der Waals surface area contributed by atoms with E-state index in [1.54, 1.807) is 0 Å². The molecule has 0 aromatic carbocycles. The van der Waals surface area contributed by atoms with Gasteiger partial charge in [-0.25, -0.2) is 9.13 Å². The molecule has 0 heterocycles.